The van der Waals surface area contributed by atoms with Gasteiger partial charge < -0.3 is 19.6 Å². The minimum Gasteiger partial charge on any atom is -0.481 e. The molecule has 4 aromatic rings. The molecule has 0 aliphatic rings. The molecule has 0 bridgehead atoms. The normalized spacial score (nSPS) is 12.1. The van der Waals surface area contributed by atoms with E-state index < -0.39 is 0 Å². The summed E-state index contributed by atoms with van der Waals surface area (Å²) in [5.41, 5.74) is 3.02. The molecule has 8 heteroatoms. The summed E-state index contributed by atoms with van der Waals surface area (Å²) in [5, 5.41) is 21.1. The predicted octanol–water partition coefficient (Wildman–Crippen LogP) is 2.80. The van der Waals surface area contributed by atoms with Gasteiger partial charge in [-0.15, -0.1) is 15.0 Å². The number of aliphatic hydroxyl groups is 1. The van der Waals surface area contributed by atoms with E-state index in [1.54, 1.807) is 24.5 Å². The van der Waals surface area contributed by atoms with Crippen LogP contribution in [0.4, 0.5) is 0 Å². The van der Waals surface area contributed by atoms with Crippen LogP contribution in [0.2, 0.25) is 0 Å². The lowest BCUT2D eigenvalue weighted by molar-refractivity contribution is -0.123. The van der Waals surface area contributed by atoms with Crippen LogP contribution < -0.4 is 10.1 Å². The number of hydrogen-bond donors (Lipinski definition) is 2. The van der Waals surface area contributed by atoms with Gasteiger partial charge in [0.2, 0.25) is 0 Å². The Balaban J connectivity index is 1.54. The first-order chi connectivity index (χ1) is 14.6. The molecule has 2 heterocycles. The third-order valence-corrected chi connectivity index (χ3v) is 4.63. The van der Waals surface area contributed by atoms with E-state index in [-0.39, 0.29) is 25.2 Å². The number of nitrogens with zero attached hydrogens (tertiary/aromatic N) is 3. The minimum absolute atomic E-state index is 0.0290. The average molecular weight is 406 g/mol. The lowest BCUT2D eigenvalue weighted by atomic mass is 10.1. The Labute approximate surface area is 173 Å². The molecule has 2 aromatic carbocycles. The molecule has 0 spiro atoms. The number of hydrogen-bond acceptors (Lipinski definition) is 6. The number of nitrogens with one attached hydrogen (secondary N) is 1. The number of ether oxygens (including phenoxy) is 1. The van der Waals surface area contributed by atoms with E-state index in [0.29, 0.717) is 23.6 Å². The first-order valence-corrected chi connectivity index (χ1v) is 9.66. The van der Waals surface area contributed by atoms with Crippen molar-refractivity contribution in [3.63, 3.8) is 0 Å². The summed E-state index contributed by atoms with van der Waals surface area (Å²) in [5.74, 6) is 0.866. The van der Waals surface area contributed by atoms with Crippen molar-refractivity contribution in [3.8, 4) is 11.4 Å². The Kier molecular flexibility index (Phi) is 5.76. The van der Waals surface area contributed by atoms with Crippen molar-refractivity contribution in [2.24, 2.45) is 0 Å². The second kappa shape index (κ2) is 8.79. The number of benzene rings is 2. The lowest BCUT2D eigenvalue weighted by Crippen LogP contribution is -2.31. The molecule has 2 aromatic heterocycles. The molecule has 4 rings (SSSR count). The average Bonchev–Trinajstić information content (AvgIpc) is 3.43. The van der Waals surface area contributed by atoms with Gasteiger partial charge in [-0.1, -0.05) is 18.2 Å². The van der Waals surface area contributed by atoms with Crippen molar-refractivity contribution < 1.29 is 19.1 Å². The van der Waals surface area contributed by atoms with E-state index in [9.17, 15) is 9.90 Å². The first-order valence-electron chi connectivity index (χ1n) is 9.66. The van der Waals surface area contributed by atoms with Crippen LogP contribution in [-0.4, -0.2) is 39.2 Å². The third kappa shape index (κ3) is 4.33. The maximum Gasteiger partial charge on any atom is 0.258 e. The van der Waals surface area contributed by atoms with Gasteiger partial charge in [0.05, 0.1) is 12.3 Å². The molecule has 30 heavy (non-hydrogen) atoms. The second-order valence-corrected chi connectivity index (χ2v) is 6.85. The van der Waals surface area contributed by atoms with Gasteiger partial charge in [-0.3, -0.25) is 4.79 Å². The van der Waals surface area contributed by atoms with E-state index >= 15 is 0 Å². The Morgan fingerprint density at radius 3 is 2.60 bits per heavy atom. The Morgan fingerprint density at radius 1 is 1.17 bits per heavy atom. The molecule has 8 nitrogen and oxygen atoms in total. The molecule has 154 valence electrons. The van der Waals surface area contributed by atoms with Gasteiger partial charge in [0.1, 0.15) is 28.2 Å². The summed E-state index contributed by atoms with van der Waals surface area (Å²) in [6.45, 7) is 1.70. The lowest BCUT2D eigenvalue weighted by Gasteiger charge is -2.14. The Hall–Kier alpha value is -3.65. The van der Waals surface area contributed by atoms with E-state index in [4.69, 9.17) is 9.15 Å². The van der Waals surface area contributed by atoms with Crippen LogP contribution in [0, 0.1) is 0 Å². The van der Waals surface area contributed by atoms with Crippen LogP contribution in [0.1, 0.15) is 24.3 Å². The molecule has 0 aliphatic carbocycles. The number of carbonyl (C=O) groups is 1. The summed E-state index contributed by atoms with van der Waals surface area (Å²) in [7, 11) is 0. The maximum atomic E-state index is 12.3. The van der Waals surface area contributed by atoms with Crippen LogP contribution in [0.15, 0.2) is 65.3 Å². The molecule has 0 saturated heterocycles. The van der Waals surface area contributed by atoms with Crippen LogP contribution in [-0.2, 0) is 11.2 Å². The van der Waals surface area contributed by atoms with Gasteiger partial charge in [-0.25, -0.2) is 0 Å². The van der Waals surface area contributed by atoms with Gasteiger partial charge in [0.15, 0.2) is 6.61 Å². The quantitative estimate of drug-likeness (QED) is 0.467. The smallest absolute Gasteiger partial charge is 0.258 e. The fourth-order valence-electron chi connectivity index (χ4n) is 3.13. The number of aliphatic hydroxyl groups excluding tert-OH is 1. The van der Waals surface area contributed by atoms with E-state index in [1.165, 1.54) is 4.80 Å². The summed E-state index contributed by atoms with van der Waals surface area (Å²) in [6.07, 6.45) is 2.06. The summed E-state index contributed by atoms with van der Waals surface area (Å²) < 4.78 is 11.1. The highest BCUT2D eigenvalue weighted by atomic mass is 16.5. The number of rotatable bonds is 8. The van der Waals surface area contributed by atoms with Gasteiger partial charge in [-0.05, 0) is 55.3 Å². The predicted molar refractivity (Wildman–Crippen MR) is 110 cm³/mol. The number of fused-ring (bicyclic) bond motifs is 1. The Morgan fingerprint density at radius 2 is 1.93 bits per heavy atom. The van der Waals surface area contributed by atoms with Crippen molar-refractivity contribution in [2.75, 3.05) is 13.2 Å². The zero-order valence-electron chi connectivity index (χ0n) is 16.5. The van der Waals surface area contributed by atoms with Gasteiger partial charge in [-0.2, -0.15) is 0 Å². The fraction of sp³-hybridized carbons (Fsp3) is 0.227. The number of aromatic nitrogens is 3. The molecule has 1 unspecified atom stereocenters. The number of amides is 1. The molecule has 0 aliphatic heterocycles. The highest BCUT2D eigenvalue weighted by Crippen LogP contribution is 2.25. The van der Waals surface area contributed by atoms with Crippen molar-refractivity contribution in [2.45, 2.75) is 19.4 Å². The monoisotopic (exact) mass is 406 g/mol. The molecule has 2 N–H and O–H groups in total. The third-order valence-electron chi connectivity index (χ3n) is 4.63. The first kappa shape index (κ1) is 19.7. The fourth-order valence-corrected chi connectivity index (χ4v) is 3.13. The molecular weight excluding hydrogens is 384 g/mol. The zero-order chi connectivity index (χ0) is 20.9. The number of carbonyl (C=O) groups excluding carboxylic acids is 1. The van der Waals surface area contributed by atoms with Crippen molar-refractivity contribution in [1.82, 2.24) is 20.3 Å². The molecular formula is C22H22N4O4. The standard InChI is InChI=1S/C22H22N4O4/c1-15(20-7-4-12-29-20)23-22(28)14-30-21-9-8-16(10-11-27)13-19(21)26-24-17-5-2-3-6-18(17)25-26/h2-9,12-13,15,27H,10-11,14H2,1H3,(H,23,28). The summed E-state index contributed by atoms with van der Waals surface area (Å²) in [4.78, 5) is 13.8. The molecule has 0 radical (unpaired) electrons. The van der Waals surface area contributed by atoms with Gasteiger partial charge in [0.25, 0.3) is 5.91 Å². The second-order valence-electron chi connectivity index (χ2n) is 6.85. The van der Waals surface area contributed by atoms with Gasteiger partial charge in [0, 0.05) is 6.61 Å². The zero-order valence-corrected chi connectivity index (χ0v) is 16.5. The highest BCUT2D eigenvalue weighted by Gasteiger charge is 2.15. The topological polar surface area (TPSA) is 102 Å². The van der Waals surface area contributed by atoms with Crippen LogP contribution in [0.25, 0.3) is 16.7 Å². The molecule has 0 fully saturated rings. The van der Waals surface area contributed by atoms with E-state index in [2.05, 4.69) is 15.5 Å². The highest BCUT2D eigenvalue weighted by molar-refractivity contribution is 5.78. The Bertz CT molecular complexity index is 1100. The van der Waals surface area contributed by atoms with Crippen LogP contribution >= 0.6 is 0 Å². The van der Waals surface area contributed by atoms with Crippen LogP contribution in [0.3, 0.4) is 0 Å². The molecule has 1 amide bonds. The van der Waals surface area contributed by atoms with Crippen LogP contribution in [0.5, 0.6) is 5.75 Å². The summed E-state index contributed by atoms with van der Waals surface area (Å²) in [6, 6.07) is 16.3. The summed E-state index contributed by atoms with van der Waals surface area (Å²) >= 11 is 0. The molecule has 1 atom stereocenters. The maximum absolute atomic E-state index is 12.3. The van der Waals surface area contributed by atoms with Crippen molar-refractivity contribution in [1.29, 1.82) is 0 Å². The SMILES string of the molecule is CC(NC(=O)COc1ccc(CCO)cc1-n1nc2ccccc2n1)c1ccco1. The van der Waals surface area contributed by atoms with Crippen molar-refractivity contribution >= 4 is 16.9 Å². The van der Waals surface area contributed by atoms with E-state index in [0.717, 1.165) is 16.6 Å². The number of furan rings is 1. The van der Waals surface area contributed by atoms with E-state index in [1.807, 2.05) is 43.3 Å². The molecule has 0 saturated carbocycles. The largest absolute Gasteiger partial charge is 0.481 e. The minimum atomic E-state index is -0.275. The van der Waals surface area contributed by atoms with Crippen molar-refractivity contribution in [3.05, 3.63) is 72.2 Å². The van der Waals surface area contributed by atoms with Gasteiger partial charge >= 0.3 is 0 Å².